The van der Waals surface area contributed by atoms with Gasteiger partial charge in [0, 0.05) is 29.7 Å². The van der Waals surface area contributed by atoms with Crippen LogP contribution in [0.3, 0.4) is 0 Å². The van der Waals surface area contributed by atoms with E-state index < -0.39 is 6.04 Å². The van der Waals surface area contributed by atoms with Crippen LogP contribution in [0, 0.1) is 12.8 Å². The maximum absolute atomic E-state index is 12.7. The van der Waals surface area contributed by atoms with E-state index in [1.54, 1.807) is 9.80 Å². The van der Waals surface area contributed by atoms with Crippen molar-refractivity contribution in [1.29, 1.82) is 0 Å². The van der Waals surface area contributed by atoms with Gasteiger partial charge >= 0.3 is 0 Å². The first-order valence-electron chi connectivity index (χ1n) is 7.87. The Labute approximate surface area is 136 Å². The maximum atomic E-state index is 12.7. The molecule has 1 aromatic carbocycles. The molecule has 3 rings (SSSR count). The van der Waals surface area contributed by atoms with Crippen LogP contribution < -0.4 is 4.90 Å². The van der Waals surface area contributed by atoms with E-state index in [0.29, 0.717) is 18.1 Å². The summed E-state index contributed by atoms with van der Waals surface area (Å²) in [6, 6.07) is 5.25. The fraction of sp³-hybridized carbons (Fsp3) is 0.529. The van der Waals surface area contributed by atoms with Crippen molar-refractivity contribution in [2.24, 2.45) is 5.92 Å². The number of piperazine rings is 1. The summed E-state index contributed by atoms with van der Waals surface area (Å²) in [7, 11) is 0. The van der Waals surface area contributed by atoms with Crippen molar-refractivity contribution in [3.63, 3.8) is 0 Å². The monoisotopic (exact) mass is 320 g/mol. The molecule has 2 fully saturated rings. The number of carbonyl (C=O) groups is 2. The van der Waals surface area contributed by atoms with Gasteiger partial charge < -0.3 is 9.80 Å². The summed E-state index contributed by atoms with van der Waals surface area (Å²) in [6.07, 6.45) is 3.06. The molecule has 1 saturated carbocycles. The van der Waals surface area contributed by atoms with Gasteiger partial charge in [-0.05, 0) is 44.4 Å². The first-order chi connectivity index (χ1) is 10.5. The minimum Gasteiger partial charge on any atom is -0.329 e. The number of aryl methyl sites for hydroxylation is 1. The van der Waals surface area contributed by atoms with E-state index in [0.717, 1.165) is 30.5 Å². The molecule has 2 aliphatic rings. The van der Waals surface area contributed by atoms with Gasteiger partial charge in [-0.1, -0.05) is 24.1 Å². The van der Waals surface area contributed by atoms with Crippen molar-refractivity contribution >= 4 is 29.1 Å². The highest BCUT2D eigenvalue weighted by molar-refractivity contribution is 6.31. The molecule has 0 spiro atoms. The third-order valence-corrected chi connectivity index (χ3v) is 5.27. The van der Waals surface area contributed by atoms with E-state index in [9.17, 15) is 9.59 Å². The number of rotatable bonds is 2. The molecule has 0 N–H and O–H groups in total. The predicted octanol–water partition coefficient (Wildman–Crippen LogP) is 3.01. The lowest BCUT2D eigenvalue weighted by molar-refractivity contribution is -0.146. The van der Waals surface area contributed by atoms with E-state index in [1.807, 2.05) is 32.0 Å². The van der Waals surface area contributed by atoms with E-state index in [1.165, 1.54) is 0 Å². The van der Waals surface area contributed by atoms with Crippen LogP contribution in [0.1, 0.15) is 31.7 Å². The first kappa shape index (κ1) is 15.3. The van der Waals surface area contributed by atoms with Crippen molar-refractivity contribution in [3.8, 4) is 0 Å². The molecule has 5 heteroatoms. The minimum atomic E-state index is -0.401. The van der Waals surface area contributed by atoms with Gasteiger partial charge in [0.25, 0.3) is 0 Å². The number of benzene rings is 1. The van der Waals surface area contributed by atoms with Crippen LogP contribution in [0.5, 0.6) is 0 Å². The van der Waals surface area contributed by atoms with Crippen LogP contribution in [0.25, 0.3) is 0 Å². The van der Waals surface area contributed by atoms with E-state index >= 15 is 0 Å². The molecule has 1 saturated heterocycles. The molecule has 22 heavy (non-hydrogen) atoms. The summed E-state index contributed by atoms with van der Waals surface area (Å²) >= 11 is 6.16. The number of nitrogens with zero attached hydrogens (tertiary/aromatic N) is 2. The molecule has 1 atom stereocenters. The quantitative estimate of drug-likeness (QED) is 0.840. The van der Waals surface area contributed by atoms with Gasteiger partial charge in [-0.3, -0.25) is 9.59 Å². The molecule has 118 valence electrons. The summed E-state index contributed by atoms with van der Waals surface area (Å²) in [4.78, 5) is 28.6. The number of carbonyl (C=O) groups excluding carboxylic acids is 2. The standard InChI is InChI=1S/C17H21ClN2O2/c1-11-6-7-14(10-15(11)18)20-9-8-19(12(2)16(20)21)17(22)13-4-3-5-13/h6-7,10,12-13H,3-5,8-9H2,1-2H3. The Morgan fingerprint density at radius 1 is 1.27 bits per heavy atom. The molecule has 0 aromatic heterocycles. The number of hydrogen-bond acceptors (Lipinski definition) is 2. The second-order valence-corrected chi connectivity index (χ2v) is 6.67. The van der Waals surface area contributed by atoms with Crippen LogP contribution in [-0.2, 0) is 9.59 Å². The normalized spacial score (nSPS) is 22.7. The Bertz CT molecular complexity index is 613. The first-order valence-corrected chi connectivity index (χ1v) is 8.25. The third-order valence-electron chi connectivity index (χ3n) is 4.86. The zero-order valence-electron chi connectivity index (χ0n) is 13.0. The lowest BCUT2D eigenvalue weighted by Gasteiger charge is -2.41. The third kappa shape index (κ3) is 2.60. The van der Waals surface area contributed by atoms with Crippen LogP contribution in [-0.4, -0.2) is 35.8 Å². The Morgan fingerprint density at radius 3 is 2.59 bits per heavy atom. The van der Waals surface area contributed by atoms with Gasteiger partial charge in [0.2, 0.25) is 11.8 Å². The number of anilines is 1. The Balaban J connectivity index is 1.76. The average molecular weight is 321 g/mol. The van der Waals surface area contributed by atoms with Gasteiger partial charge in [-0.15, -0.1) is 0 Å². The molecular weight excluding hydrogens is 300 g/mol. The molecule has 1 aromatic rings. The van der Waals surface area contributed by atoms with Crippen molar-refractivity contribution in [1.82, 2.24) is 4.90 Å². The second-order valence-electron chi connectivity index (χ2n) is 6.26. The summed E-state index contributed by atoms with van der Waals surface area (Å²) in [5.41, 5.74) is 1.80. The molecule has 1 heterocycles. The molecule has 1 aliphatic heterocycles. The Morgan fingerprint density at radius 2 is 2.00 bits per heavy atom. The highest BCUT2D eigenvalue weighted by Gasteiger charge is 2.38. The lowest BCUT2D eigenvalue weighted by atomic mass is 9.84. The molecule has 0 bridgehead atoms. The van der Waals surface area contributed by atoms with Gasteiger partial charge in [-0.2, -0.15) is 0 Å². The predicted molar refractivity (Wildman–Crippen MR) is 87.1 cm³/mol. The molecule has 1 aliphatic carbocycles. The van der Waals surface area contributed by atoms with Crippen molar-refractivity contribution in [2.75, 3.05) is 18.0 Å². The van der Waals surface area contributed by atoms with Crippen molar-refractivity contribution in [3.05, 3.63) is 28.8 Å². The van der Waals surface area contributed by atoms with E-state index in [-0.39, 0.29) is 17.7 Å². The Hall–Kier alpha value is -1.55. The van der Waals surface area contributed by atoms with Gasteiger partial charge in [-0.25, -0.2) is 0 Å². The summed E-state index contributed by atoms with van der Waals surface area (Å²) in [5, 5.41) is 0.658. The van der Waals surface area contributed by atoms with Gasteiger partial charge in [0.05, 0.1) is 0 Å². The zero-order valence-corrected chi connectivity index (χ0v) is 13.8. The number of halogens is 1. The van der Waals surface area contributed by atoms with E-state index in [2.05, 4.69) is 0 Å². The van der Waals surface area contributed by atoms with Crippen LogP contribution in [0.2, 0.25) is 5.02 Å². The number of amides is 2. The fourth-order valence-electron chi connectivity index (χ4n) is 3.07. The van der Waals surface area contributed by atoms with Crippen LogP contribution >= 0.6 is 11.6 Å². The maximum Gasteiger partial charge on any atom is 0.249 e. The summed E-state index contributed by atoms with van der Waals surface area (Å²) in [5.74, 6) is 0.253. The summed E-state index contributed by atoms with van der Waals surface area (Å²) in [6.45, 7) is 4.88. The average Bonchev–Trinajstić information content (AvgIpc) is 2.43. The van der Waals surface area contributed by atoms with Gasteiger partial charge in [0.15, 0.2) is 0 Å². The highest BCUT2D eigenvalue weighted by Crippen LogP contribution is 2.31. The minimum absolute atomic E-state index is 0.0288. The van der Waals surface area contributed by atoms with E-state index in [4.69, 9.17) is 11.6 Å². The molecule has 0 radical (unpaired) electrons. The van der Waals surface area contributed by atoms with Crippen LogP contribution in [0.15, 0.2) is 18.2 Å². The van der Waals surface area contributed by atoms with Crippen LogP contribution in [0.4, 0.5) is 5.69 Å². The molecule has 4 nitrogen and oxygen atoms in total. The molecule has 2 amide bonds. The second kappa shape index (κ2) is 5.92. The number of hydrogen-bond donors (Lipinski definition) is 0. The van der Waals surface area contributed by atoms with Crippen molar-refractivity contribution < 1.29 is 9.59 Å². The topological polar surface area (TPSA) is 40.6 Å². The van der Waals surface area contributed by atoms with Gasteiger partial charge in [0.1, 0.15) is 6.04 Å². The smallest absolute Gasteiger partial charge is 0.249 e. The SMILES string of the molecule is Cc1ccc(N2CCN(C(=O)C3CCC3)C(C)C2=O)cc1Cl. The van der Waals surface area contributed by atoms with Crippen molar-refractivity contribution in [2.45, 2.75) is 39.2 Å². The highest BCUT2D eigenvalue weighted by atomic mass is 35.5. The fourth-order valence-corrected chi connectivity index (χ4v) is 3.24. The Kier molecular flexibility index (Phi) is 4.13. The molecule has 1 unspecified atom stereocenters. The largest absolute Gasteiger partial charge is 0.329 e. The lowest BCUT2D eigenvalue weighted by Crippen LogP contribution is -2.59. The molecular formula is C17H21ClN2O2. The zero-order chi connectivity index (χ0) is 15.9. The summed E-state index contributed by atoms with van der Waals surface area (Å²) < 4.78 is 0.